The number of benzene rings is 1. The van der Waals surface area contributed by atoms with Gasteiger partial charge in [0.05, 0.1) is 85.4 Å². The molecule has 736 valence electrons. The molecule has 26 nitrogen and oxygen atoms in total. The Balaban J connectivity index is 0.000000751. The molecule has 1 aromatic carbocycles. The Morgan fingerprint density at radius 3 is 0.912 bits per heavy atom. The minimum atomic E-state index is 0.705. The van der Waals surface area contributed by atoms with Gasteiger partial charge in [0.15, 0.2) is 16.9 Å². The molecule has 16 rings (SSSR count). The molecule has 26 heteroatoms. The highest BCUT2D eigenvalue weighted by Gasteiger charge is 2.13. The van der Waals surface area contributed by atoms with Crippen LogP contribution in [0, 0.1) is 0 Å². The summed E-state index contributed by atoms with van der Waals surface area (Å²) >= 11 is 0. The molecule has 0 fully saturated rings. The largest absolute Gasteiger partial charge is 0.264 e. The van der Waals surface area contributed by atoms with E-state index in [-0.39, 0.29) is 0 Å². The van der Waals surface area contributed by atoms with Gasteiger partial charge in [-0.15, -0.1) is 0 Å². The summed E-state index contributed by atoms with van der Waals surface area (Å²) in [6, 6.07) is 20.0. The Hall–Kier alpha value is -12.2. The molecule has 0 aliphatic rings. The van der Waals surface area contributed by atoms with Gasteiger partial charge in [0.2, 0.25) is 0 Å². The molecular formula is C110H166N26. The molecule has 0 spiro atoms. The van der Waals surface area contributed by atoms with Crippen LogP contribution < -0.4 is 0 Å². The maximum Gasteiger partial charge on any atom is 0.181 e. The molecule has 0 aliphatic heterocycles. The van der Waals surface area contributed by atoms with E-state index in [0.29, 0.717) is 5.65 Å². The quantitative estimate of drug-likeness (QED) is 0.0867. The third-order valence-electron chi connectivity index (χ3n) is 17.8. The SMILES string of the molecule is CCC.CCC.CCC.CCC.CCC.CCC.CCC.CCC.CCc1nc(CC)c2ccccc2n1.CCc1nc(CC)c2cccnc2n1.CCc1nc(CC)c2ccncc2n1.CCc1nc(CC)c2cnccc2n1.CCc1nc(CC)c2cncnc2n1.CCc1nc(CC)c2ncccc2n1.CCc1nc(CC)c2nccnc2n1.CCc1nc(CC)c2ncncc2n1. The Labute approximate surface area is 816 Å². The van der Waals surface area contributed by atoms with Crippen molar-refractivity contribution in [1.82, 2.24) is 130 Å². The summed E-state index contributed by atoms with van der Waals surface area (Å²) in [5, 5.41) is 5.43. The highest BCUT2D eigenvalue weighted by molar-refractivity contribution is 5.83. The number of fused-ring (bicyclic) bond motifs is 8. The molecular weight excluding hydrogens is 1690 g/mol. The van der Waals surface area contributed by atoms with Crippen molar-refractivity contribution in [3.05, 3.63) is 227 Å². The third kappa shape index (κ3) is 42.8. The lowest BCUT2D eigenvalue weighted by Crippen LogP contribution is -2.01. The van der Waals surface area contributed by atoms with Gasteiger partial charge in [-0.05, 0) is 93.8 Å². The van der Waals surface area contributed by atoms with Gasteiger partial charge in [0.25, 0.3) is 0 Å². The van der Waals surface area contributed by atoms with Crippen LogP contribution in [0.15, 0.2) is 135 Å². The Morgan fingerprint density at radius 1 is 0.162 bits per heavy atom. The average molecular weight is 1850 g/mol. The van der Waals surface area contributed by atoms with E-state index in [4.69, 9.17) is 0 Å². The van der Waals surface area contributed by atoms with Crippen LogP contribution >= 0.6 is 0 Å². The molecule has 16 aromatic rings. The van der Waals surface area contributed by atoms with Gasteiger partial charge >= 0.3 is 0 Å². The van der Waals surface area contributed by atoms with Crippen molar-refractivity contribution in [1.29, 1.82) is 0 Å². The molecule has 0 unspecified atom stereocenters. The summed E-state index contributed by atoms with van der Waals surface area (Å²) < 4.78 is 0. The van der Waals surface area contributed by atoms with Gasteiger partial charge in [-0.3, -0.25) is 15.0 Å². The number of hydrogen-bond donors (Lipinski definition) is 0. The van der Waals surface area contributed by atoms with Gasteiger partial charge in [-0.1, -0.05) is 291 Å². The van der Waals surface area contributed by atoms with Crippen molar-refractivity contribution < 1.29 is 0 Å². The second kappa shape index (κ2) is 75.0. The van der Waals surface area contributed by atoms with Crippen LogP contribution in [0.1, 0.15) is 365 Å². The third-order valence-corrected chi connectivity index (χ3v) is 17.8. The molecule has 0 amide bonds. The molecule has 0 bridgehead atoms. The predicted molar refractivity (Wildman–Crippen MR) is 572 cm³/mol. The molecule has 0 aliphatic carbocycles. The number of aryl methyl sites for hydroxylation is 16. The average Bonchev–Trinajstić information content (AvgIpc) is 0.868. The minimum absolute atomic E-state index is 0.705. The Morgan fingerprint density at radius 2 is 0.441 bits per heavy atom. The monoisotopic (exact) mass is 1850 g/mol. The van der Waals surface area contributed by atoms with E-state index in [0.717, 1.165) is 272 Å². The molecule has 15 heterocycles. The summed E-state index contributed by atoms with van der Waals surface area (Å²) in [5.74, 6) is 7.12. The molecule has 0 N–H and O–H groups in total. The summed E-state index contributed by atoms with van der Waals surface area (Å²) in [7, 11) is 0. The van der Waals surface area contributed by atoms with Crippen LogP contribution in [-0.2, 0) is 103 Å². The van der Waals surface area contributed by atoms with Crippen molar-refractivity contribution in [2.45, 2.75) is 376 Å². The molecule has 15 aromatic heterocycles. The predicted octanol–water partition coefficient (Wildman–Crippen LogP) is 27.3. The van der Waals surface area contributed by atoms with Gasteiger partial charge in [-0.2, -0.15) is 0 Å². The van der Waals surface area contributed by atoms with E-state index in [1.165, 1.54) is 69.4 Å². The summed E-state index contributed by atoms with van der Waals surface area (Å²) in [6.07, 6.45) is 44.9. The molecule has 0 radical (unpaired) electrons. The van der Waals surface area contributed by atoms with E-state index in [9.17, 15) is 0 Å². The van der Waals surface area contributed by atoms with E-state index in [1.54, 1.807) is 55.8 Å². The maximum atomic E-state index is 4.53. The standard InChI is InChI=1S/C12H14N2.4C11H13N3.3C10H12N4.8C3H8/c1-3-10-9-7-5-6-8-11(9)14-12(4-2)13-10;1-3-9-8-7-12-6-5-10(8)14-11(4-2)13-9;1-3-9-8-5-6-12-7-10(8)14-11(4-2)13-9;1-3-9-8-6-5-7-12-11(8)14-10(4-2)13-9;1-3-8-11-9(6-5-7-12-11)14-10(4-2)13-8;1-3-8-7-5-11-6-12-10(7)14-9(4-2)13-8;1-3-7-10-8(5-11-6-12-10)14-9(4-2)13-7;1-3-7-9-10(12-6-5-11-9)14-8(4-2)13-7;8*1-3-2/h5-8H,3-4H2,1-2H3;4*5-7H,3-4H2,1-2H3;3*5-6H,3-4H2,1-2H3;8*3H2,1-2H3. The number of aromatic nitrogens is 26. The van der Waals surface area contributed by atoms with Crippen molar-refractivity contribution in [3.63, 3.8) is 0 Å². The zero-order valence-electron chi connectivity index (χ0n) is 89.3. The Bertz CT molecular complexity index is 4800. The second-order valence-corrected chi connectivity index (χ2v) is 30.8. The minimum Gasteiger partial charge on any atom is -0.264 e. The van der Waals surface area contributed by atoms with Crippen LogP contribution in [0.2, 0.25) is 0 Å². The fourth-order valence-electron chi connectivity index (χ4n) is 11.8. The van der Waals surface area contributed by atoms with E-state index in [1.807, 2.05) is 75.5 Å². The van der Waals surface area contributed by atoms with E-state index < -0.39 is 0 Å². The zero-order valence-corrected chi connectivity index (χ0v) is 89.3. The first-order valence-corrected chi connectivity index (χ1v) is 50.6. The fraction of sp³-hybridized carbons (Fsp3) is 0.509. The van der Waals surface area contributed by atoms with Gasteiger partial charge in [-0.25, -0.2) is 115 Å². The van der Waals surface area contributed by atoms with E-state index >= 15 is 0 Å². The lowest BCUT2D eigenvalue weighted by molar-refractivity contribution is 0.899. The smallest absolute Gasteiger partial charge is 0.181 e. The first-order chi connectivity index (χ1) is 66.1. The van der Waals surface area contributed by atoms with Crippen LogP contribution in [0.5, 0.6) is 0 Å². The lowest BCUT2D eigenvalue weighted by atomic mass is 10.1. The number of hydrogen-bond acceptors (Lipinski definition) is 26. The van der Waals surface area contributed by atoms with Crippen molar-refractivity contribution in [2.24, 2.45) is 0 Å². The topological polar surface area (TPSA) is 335 Å². The molecule has 136 heavy (non-hydrogen) atoms. The number of nitrogens with zero attached hydrogens (tertiary/aromatic N) is 26. The highest BCUT2D eigenvalue weighted by Crippen LogP contribution is 2.22. The van der Waals surface area contributed by atoms with Gasteiger partial charge in [0, 0.05) is 122 Å². The van der Waals surface area contributed by atoms with E-state index in [2.05, 4.69) is 343 Å². The van der Waals surface area contributed by atoms with Crippen LogP contribution in [0.25, 0.3) is 88.0 Å². The van der Waals surface area contributed by atoms with Crippen LogP contribution in [0.4, 0.5) is 0 Å². The van der Waals surface area contributed by atoms with Crippen LogP contribution in [-0.4, -0.2) is 130 Å². The number of rotatable bonds is 16. The molecule has 0 saturated heterocycles. The summed E-state index contributed by atoms with van der Waals surface area (Å²) in [6.45, 7) is 67.2. The number of para-hydroxylation sites is 1. The van der Waals surface area contributed by atoms with Crippen LogP contribution in [0.3, 0.4) is 0 Å². The van der Waals surface area contributed by atoms with Gasteiger partial charge in [0.1, 0.15) is 81.3 Å². The maximum absolute atomic E-state index is 4.53. The lowest BCUT2D eigenvalue weighted by Gasteiger charge is -2.05. The summed E-state index contributed by atoms with van der Waals surface area (Å²) in [4.78, 5) is 112. The summed E-state index contributed by atoms with van der Waals surface area (Å²) in [5.41, 5.74) is 18.3. The second-order valence-electron chi connectivity index (χ2n) is 30.8. The van der Waals surface area contributed by atoms with Crippen molar-refractivity contribution in [3.8, 4) is 0 Å². The molecule has 0 atom stereocenters. The first-order valence-electron chi connectivity index (χ1n) is 50.6. The van der Waals surface area contributed by atoms with Crippen molar-refractivity contribution >= 4 is 88.0 Å². The fourth-order valence-corrected chi connectivity index (χ4v) is 11.8. The van der Waals surface area contributed by atoms with Crippen molar-refractivity contribution in [2.75, 3.05) is 0 Å². The highest BCUT2D eigenvalue weighted by atomic mass is 15.0. The van der Waals surface area contributed by atoms with Gasteiger partial charge < -0.3 is 0 Å². The normalized spacial score (nSPS) is 9.88. The Kier molecular flexibility index (Phi) is 67.2. The number of pyridine rings is 4. The zero-order chi connectivity index (χ0) is 101. The molecule has 0 saturated carbocycles. The first kappa shape index (κ1) is 122.